The van der Waals surface area contributed by atoms with Crippen LogP contribution in [0.5, 0.6) is 11.5 Å². The lowest BCUT2D eigenvalue weighted by Gasteiger charge is -2.32. The molecule has 0 unspecified atom stereocenters. The van der Waals surface area contributed by atoms with Crippen LogP contribution < -0.4 is 19.7 Å². The topological polar surface area (TPSA) is 81.5 Å². The molecule has 1 aromatic heterocycles. The molecule has 0 saturated heterocycles. The molecule has 3 aromatic rings. The lowest BCUT2D eigenvalue weighted by molar-refractivity contribution is -0.116. The molecule has 0 bridgehead atoms. The number of fused-ring (bicyclic) bond motifs is 1. The number of anilines is 2. The highest BCUT2D eigenvalue weighted by Crippen LogP contribution is 2.42. The zero-order chi connectivity index (χ0) is 23.1. The minimum Gasteiger partial charge on any atom is -0.493 e. The van der Waals surface area contributed by atoms with Gasteiger partial charge in [-0.05, 0) is 54.8 Å². The van der Waals surface area contributed by atoms with Crippen molar-refractivity contribution in [3.63, 3.8) is 0 Å². The van der Waals surface area contributed by atoms with Crippen LogP contribution in [-0.2, 0) is 4.79 Å². The van der Waals surface area contributed by atoms with Crippen molar-refractivity contribution >= 4 is 17.4 Å². The number of benzene rings is 2. The molecule has 2 aliphatic rings. The van der Waals surface area contributed by atoms with Crippen molar-refractivity contribution in [3.8, 4) is 22.9 Å². The Labute approximate surface area is 192 Å². The van der Waals surface area contributed by atoms with Gasteiger partial charge in [0.2, 0.25) is 5.95 Å². The number of aromatic nitrogens is 3. The van der Waals surface area contributed by atoms with E-state index in [0.717, 1.165) is 40.9 Å². The van der Waals surface area contributed by atoms with E-state index in [1.807, 2.05) is 66.1 Å². The maximum atomic E-state index is 13.1. The van der Waals surface area contributed by atoms with Crippen LogP contribution in [0.3, 0.4) is 0 Å². The summed E-state index contributed by atoms with van der Waals surface area (Å²) in [5.74, 6) is 2.64. The minimum absolute atomic E-state index is 0.140. The van der Waals surface area contributed by atoms with Gasteiger partial charge in [0.05, 0.1) is 14.2 Å². The van der Waals surface area contributed by atoms with Crippen molar-refractivity contribution < 1.29 is 14.3 Å². The summed E-state index contributed by atoms with van der Waals surface area (Å²) in [5, 5.41) is 8.23. The lowest BCUT2D eigenvalue weighted by atomic mass is 9.85. The maximum Gasteiger partial charge on any atom is 0.226 e. The summed E-state index contributed by atoms with van der Waals surface area (Å²) in [6.07, 6.45) is 2.17. The van der Waals surface area contributed by atoms with Gasteiger partial charge in [-0.3, -0.25) is 4.79 Å². The van der Waals surface area contributed by atoms with E-state index in [1.165, 1.54) is 0 Å². The van der Waals surface area contributed by atoms with Crippen LogP contribution in [0, 0.1) is 0 Å². The molecule has 1 aliphatic carbocycles. The zero-order valence-electron chi connectivity index (χ0n) is 19.3. The molecule has 33 heavy (non-hydrogen) atoms. The van der Waals surface area contributed by atoms with Gasteiger partial charge in [-0.1, -0.05) is 6.07 Å². The summed E-state index contributed by atoms with van der Waals surface area (Å²) in [7, 11) is 7.23. The number of rotatable bonds is 5. The fourth-order valence-corrected chi connectivity index (χ4v) is 4.52. The highest BCUT2D eigenvalue weighted by molar-refractivity contribution is 5.99. The van der Waals surface area contributed by atoms with Gasteiger partial charge in [0.1, 0.15) is 6.04 Å². The molecule has 0 amide bonds. The molecule has 1 atom stereocenters. The smallest absolute Gasteiger partial charge is 0.226 e. The Morgan fingerprint density at radius 3 is 2.48 bits per heavy atom. The normalized spacial score (nSPS) is 17.2. The molecule has 5 rings (SSSR count). The van der Waals surface area contributed by atoms with Crippen LogP contribution in [-0.4, -0.2) is 48.9 Å². The average Bonchev–Trinajstić information content (AvgIpc) is 3.26. The Balaban J connectivity index is 1.63. The van der Waals surface area contributed by atoms with Gasteiger partial charge < -0.3 is 19.7 Å². The SMILES string of the molecule is COc1ccc([C@H]2C3=C(CCCC3=O)Nc3nc(-c4ccc(N(C)C)cc4)nn32)cc1OC. The van der Waals surface area contributed by atoms with Crippen LogP contribution >= 0.6 is 0 Å². The summed E-state index contributed by atoms with van der Waals surface area (Å²) < 4.78 is 12.8. The van der Waals surface area contributed by atoms with Crippen LogP contribution in [0.25, 0.3) is 11.4 Å². The van der Waals surface area contributed by atoms with E-state index >= 15 is 0 Å². The van der Waals surface area contributed by atoms with Gasteiger partial charge in [-0.15, -0.1) is 5.10 Å². The van der Waals surface area contributed by atoms with E-state index in [0.29, 0.717) is 29.7 Å². The number of hydrogen-bond donors (Lipinski definition) is 1. The van der Waals surface area contributed by atoms with Crippen molar-refractivity contribution in [2.45, 2.75) is 25.3 Å². The number of methoxy groups -OCH3 is 2. The first kappa shape index (κ1) is 21.1. The Bertz CT molecular complexity index is 1240. The highest BCUT2D eigenvalue weighted by atomic mass is 16.5. The largest absolute Gasteiger partial charge is 0.493 e. The quantitative estimate of drug-likeness (QED) is 0.634. The van der Waals surface area contributed by atoms with Crippen LogP contribution in [0.15, 0.2) is 53.7 Å². The van der Waals surface area contributed by atoms with Crippen molar-refractivity contribution in [3.05, 3.63) is 59.3 Å². The number of carbonyl (C=O) groups excluding carboxylic acids is 1. The zero-order valence-corrected chi connectivity index (χ0v) is 19.3. The number of nitrogens with zero attached hydrogens (tertiary/aromatic N) is 4. The maximum absolute atomic E-state index is 13.1. The van der Waals surface area contributed by atoms with Crippen molar-refractivity contribution in [2.75, 3.05) is 38.5 Å². The summed E-state index contributed by atoms with van der Waals surface area (Å²) in [6.45, 7) is 0. The molecule has 2 heterocycles. The first-order chi connectivity index (χ1) is 16.0. The molecule has 0 fully saturated rings. The molecule has 8 heteroatoms. The third kappa shape index (κ3) is 3.61. The third-order valence-electron chi connectivity index (χ3n) is 6.23. The van der Waals surface area contributed by atoms with Crippen LogP contribution in [0.1, 0.15) is 30.9 Å². The van der Waals surface area contributed by atoms with Crippen molar-refractivity contribution in [2.24, 2.45) is 0 Å². The summed E-state index contributed by atoms with van der Waals surface area (Å²) >= 11 is 0. The summed E-state index contributed by atoms with van der Waals surface area (Å²) in [5.41, 5.74) is 4.60. The fourth-order valence-electron chi connectivity index (χ4n) is 4.52. The molecular weight excluding hydrogens is 418 g/mol. The minimum atomic E-state index is -0.383. The second-order valence-corrected chi connectivity index (χ2v) is 8.46. The second-order valence-electron chi connectivity index (χ2n) is 8.46. The van der Waals surface area contributed by atoms with Crippen molar-refractivity contribution in [1.29, 1.82) is 0 Å². The average molecular weight is 446 g/mol. The number of ketones is 1. The van der Waals surface area contributed by atoms with Gasteiger partial charge in [-0.25, -0.2) is 4.68 Å². The molecule has 170 valence electrons. The fraction of sp³-hybridized carbons (Fsp3) is 0.320. The first-order valence-electron chi connectivity index (χ1n) is 11.0. The van der Waals surface area contributed by atoms with Crippen LogP contribution in [0.2, 0.25) is 0 Å². The number of carbonyl (C=O) groups is 1. The Kier molecular flexibility index (Phi) is 5.28. The lowest BCUT2D eigenvalue weighted by Crippen LogP contribution is -2.31. The van der Waals surface area contributed by atoms with E-state index < -0.39 is 0 Å². The third-order valence-corrected chi connectivity index (χ3v) is 6.23. The standard InChI is InChI=1S/C25H27N5O3/c1-29(2)17-11-8-15(9-12-17)24-27-25-26-18-6-5-7-19(31)22(18)23(30(25)28-24)16-10-13-20(32-3)21(14-16)33-4/h8-14,23H,5-7H2,1-4H3,(H,26,27,28)/t23-/m0/s1. The number of allylic oxidation sites excluding steroid dienone is 2. The van der Waals surface area contributed by atoms with Gasteiger partial charge in [0, 0.05) is 43.0 Å². The van der Waals surface area contributed by atoms with Gasteiger partial charge in [0.15, 0.2) is 23.1 Å². The Hall–Kier alpha value is -3.81. The highest BCUT2D eigenvalue weighted by Gasteiger charge is 2.37. The van der Waals surface area contributed by atoms with E-state index in [9.17, 15) is 4.79 Å². The predicted molar refractivity (Wildman–Crippen MR) is 127 cm³/mol. The summed E-state index contributed by atoms with van der Waals surface area (Å²) in [4.78, 5) is 19.9. The molecule has 1 N–H and O–H groups in total. The number of nitrogens with one attached hydrogen (secondary N) is 1. The van der Waals surface area contributed by atoms with Crippen molar-refractivity contribution in [1.82, 2.24) is 14.8 Å². The molecule has 0 spiro atoms. The molecule has 0 radical (unpaired) electrons. The van der Waals surface area contributed by atoms with E-state index in [-0.39, 0.29) is 11.8 Å². The number of hydrogen-bond acceptors (Lipinski definition) is 7. The monoisotopic (exact) mass is 445 g/mol. The predicted octanol–water partition coefficient (Wildman–Crippen LogP) is 4.05. The summed E-state index contributed by atoms with van der Waals surface area (Å²) in [6, 6.07) is 13.5. The van der Waals surface area contributed by atoms with Gasteiger partial charge >= 0.3 is 0 Å². The van der Waals surface area contributed by atoms with E-state index in [4.69, 9.17) is 19.6 Å². The Morgan fingerprint density at radius 1 is 1.03 bits per heavy atom. The van der Waals surface area contributed by atoms with E-state index in [2.05, 4.69) is 5.32 Å². The van der Waals surface area contributed by atoms with Gasteiger partial charge in [-0.2, -0.15) is 4.98 Å². The second kappa shape index (κ2) is 8.27. The molecule has 8 nitrogen and oxygen atoms in total. The Morgan fingerprint density at radius 2 is 1.79 bits per heavy atom. The molecule has 2 aromatic carbocycles. The molecule has 0 saturated carbocycles. The first-order valence-corrected chi connectivity index (χ1v) is 11.0. The number of Topliss-reactive ketones (excluding diaryl/α,β-unsaturated/α-hetero) is 1. The van der Waals surface area contributed by atoms with E-state index in [1.54, 1.807) is 14.2 Å². The molecule has 1 aliphatic heterocycles. The van der Waals surface area contributed by atoms with Crippen LogP contribution in [0.4, 0.5) is 11.6 Å². The molecular formula is C25H27N5O3. The number of ether oxygens (including phenoxy) is 2. The van der Waals surface area contributed by atoms with Gasteiger partial charge in [0.25, 0.3) is 0 Å².